The maximum atomic E-state index is 12.9. The molecule has 0 aliphatic carbocycles. The van der Waals surface area contributed by atoms with Gasteiger partial charge in [0.25, 0.3) is 0 Å². The van der Waals surface area contributed by atoms with Gasteiger partial charge >= 0.3 is 0 Å². The van der Waals surface area contributed by atoms with Crippen molar-refractivity contribution in [1.29, 1.82) is 0 Å². The molecule has 3 heterocycles. The van der Waals surface area contributed by atoms with Crippen molar-refractivity contribution in [2.75, 3.05) is 24.5 Å². The Balaban J connectivity index is 1.52. The van der Waals surface area contributed by atoms with Gasteiger partial charge in [0.1, 0.15) is 0 Å². The molecular formula is C22H21N3O2S. The first-order chi connectivity index (χ1) is 13.6. The van der Waals surface area contributed by atoms with Crippen LogP contribution in [0, 0.1) is 0 Å². The first kappa shape index (κ1) is 17.3. The molecule has 28 heavy (non-hydrogen) atoms. The summed E-state index contributed by atoms with van der Waals surface area (Å²) >= 11 is 0. The molecule has 1 atom stereocenters. The standard InChI is InChI=1S/C22H21N3O2S/c26-28(27,19-8-2-1-3-9-19)20-14-17-6-4-10-21(22(17)23-15-20)25-13-12-24-11-5-7-18(24)16-25/h1-6,8-11,14-15,18H,7,12-13,16H2. The van der Waals surface area contributed by atoms with Gasteiger partial charge in [-0.1, -0.05) is 36.4 Å². The molecule has 0 N–H and O–H groups in total. The number of fused-ring (bicyclic) bond motifs is 2. The third-order valence-corrected chi connectivity index (χ3v) is 7.34. The van der Waals surface area contributed by atoms with Crippen LogP contribution >= 0.6 is 0 Å². The van der Waals surface area contributed by atoms with Gasteiger partial charge in [-0.15, -0.1) is 0 Å². The lowest BCUT2D eigenvalue weighted by atomic mass is 10.1. The van der Waals surface area contributed by atoms with Gasteiger partial charge in [-0.3, -0.25) is 4.98 Å². The van der Waals surface area contributed by atoms with Crippen LogP contribution < -0.4 is 4.90 Å². The largest absolute Gasteiger partial charge is 0.371 e. The van der Waals surface area contributed by atoms with E-state index in [2.05, 4.69) is 33.1 Å². The minimum atomic E-state index is -3.57. The number of pyridine rings is 1. The van der Waals surface area contributed by atoms with E-state index in [1.54, 1.807) is 30.3 Å². The highest BCUT2D eigenvalue weighted by Crippen LogP contribution is 2.31. The van der Waals surface area contributed by atoms with E-state index < -0.39 is 9.84 Å². The van der Waals surface area contributed by atoms with Crippen molar-refractivity contribution in [3.63, 3.8) is 0 Å². The van der Waals surface area contributed by atoms with Crippen molar-refractivity contribution in [1.82, 2.24) is 9.88 Å². The molecule has 0 amide bonds. The maximum absolute atomic E-state index is 12.9. The molecule has 142 valence electrons. The number of rotatable bonds is 3. The van der Waals surface area contributed by atoms with Crippen molar-refractivity contribution in [3.8, 4) is 0 Å². The zero-order valence-corrected chi connectivity index (χ0v) is 16.2. The molecule has 6 heteroatoms. The number of hydrogen-bond acceptors (Lipinski definition) is 5. The second-order valence-corrected chi connectivity index (χ2v) is 9.24. The van der Waals surface area contributed by atoms with Crippen molar-refractivity contribution < 1.29 is 8.42 Å². The van der Waals surface area contributed by atoms with Crippen LogP contribution in [0.25, 0.3) is 10.9 Å². The van der Waals surface area contributed by atoms with E-state index >= 15 is 0 Å². The van der Waals surface area contributed by atoms with Crippen LogP contribution in [0.4, 0.5) is 5.69 Å². The first-order valence-electron chi connectivity index (χ1n) is 9.49. The molecule has 0 spiro atoms. The number of nitrogens with zero attached hydrogens (tertiary/aromatic N) is 3. The summed E-state index contributed by atoms with van der Waals surface area (Å²) in [5.74, 6) is 0. The number of aromatic nitrogens is 1. The highest BCUT2D eigenvalue weighted by molar-refractivity contribution is 7.91. The lowest BCUT2D eigenvalue weighted by Crippen LogP contribution is -2.49. The minimum Gasteiger partial charge on any atom is -0.371 e. The smallest absolute Gasteiger partial charge is 0.208 e. The van der Waals surface area contributed by atoms with Crippen molar-refractivity contribution in [2.45, 2.75) is 22.3 Å². The van der Waals surface area contributed by atoms with E-state index in [1.165, 1.54) is 6.20 Å². The van der Waals surface area contributed by atoms with Crippen molar-refractivity contribution >= 4 is 26.4 Å². The molecule has 2 aliphatic heterocycles. The van der Waals surface area contributed by atoms with Crippen LogP contribution in [-0.4, -0.2) is 44.0 Å². The molecule has 1 fully saturated rings. The van der Waals surface area contributed by atoms with Crippen molar-refractivity contribution in [2.24, 2.45) is 0 Å². The normalized spacial score (nSPS) is 19.2. The Kier molecular flexibility index (Phi) is 4.09. The zero-order valence-electron chi connectivity index (χ0n) is 15.4. The quantitative estimate of drug-likeness (QED) is 0.684. The average Bonchev–Trinajstić information content (AvgIpc) is 3.21. The Morgan fingerprint density at radius 1 is 0.964 bits per heavy atom. The summed E-state index contributed by atoms with van der Waals surface area (Å²) in [6, 6.07) is 16.8. The van der Waals surface area contributed by atoms with Crippen LogP contribution in [0.15, 0.2) is 82.9 Å². The number of sulfone groups is 1. The Morgan fingerprint density at radius 3 is 2.68 bits per heavy atom. The molecular weight excluding hydrogens is 370 g/mol. The molecule has 5 nitrogen and oxygen atoms in total. The zero-order chi connectivity index (χ0) is 19.1. The Morgan fingerprint density at radius 2 is 1.82 bits per heavy atom. The molecule has 1 aromatic heterocycles. The van der Waals surface area contributed by atoms with Crippen LogP contribution in [0.5, 0.6) is 0 Å². The molecule has 3 aromatic rings. The predicted molar refractivity (Wildman–Crippen MR) is 110 cm³/mol. The van der Waals surface area contributed by atoms with E-state index in [4.69, 9.17) is 0 Å². The minimum absolute atomic E-state index is 0.230. The van der Waals surface area contributed by atoms with Crippen LogP contribution in [-0.2, 0) is 9.84 Å². The molecule has 2 aliphatic rings. The number of anilines is 1. The third-order valence-electron chi connectivity index (χ3n) is 5.60. The molecule has 0 saturated carbocycles. The fraction of sp³-hybridized carbons (Fsp3) is 0.227. The fourth-order valence-corrected chi connectivity index (χ4v) is 5.37. The van der Waals surface area contributed by atoms with Crippen LogP contribution in [0.2, 0.25) is 0 Å². The van der Waals surface area contributed by atoms with Gasteiger partial charge in [0.15, 0.2) is 0 Å². The summed E-state index contributed by atoms with van der Waals surface area (Å²) < 4.78 is 25.9. The van der Waals surface area contributed by atoms with Crippen LogP contribution in [0.3, 0.4) is 0 Å². The Bertz CT molecular complexity index is 1160. The molecule has 5 rings (SSSR count). The summed E-state index contributed by atoms with van der Waals surface area (Å²) in [5, 5.41) is 0.849. The summed E-state index contributed by atoms with van der Waals surface area (Å²) in [6.07, 6.45) is 7.00. The highest BCUT2D eigenvalue weighted by atomic mass is 32.2. The van der Waals surface area contributed by atoms with Crippen LogP contribution in [0.1, 0.15) is 6.42 Å². The van der Waals surface area contributed by atoms with Gasteiger partial charge in [0.2, 0.25) is 9.84 Å². The summed E-state index contributed by atoms with van der Waals surface area (Å²) in [7, 11) is -3.57. The van der Waals surface area contributed by atoms with E-state index in [1.807, 2.05) is 18.2 Å². The Labute approximate surface area is 164 Å². The fourth-order valence-electron chi connectivity index (χ4n) is 4.11. The number of piperazine rings is 1. The predicted octanol–water partition coefficient (Wildman–Crippen LogP) is 3.48. The lowest BCUT2D eigenvalue weighted by Gasteiger charge is -2.39. The van der Waals surface area contributed by atoms with Gasteiger partial charge in [0.05, 0.1) is 21.0 Å². The SMILES string of the molecule is O=S(=O)(c1ccccc1)c1cnc2c(N3CCN4C=CCC4C3)cccc2c1. The highest BCUT2D eigenvalue weighted by Gasteiger charge is 2.28. The average molecular weight is 391 g/mol. The summed E-state index contributed by atoms with van der Waals surface area (Å²) in [5.41, 5.74) is 1.93. The van der Waals surface area contributed by atoms with E-state index in [-0.39, 0.29) is 9.79 Å². The molecule has 0 radical (unpaired) electrons. The number of para-hydroxylation sites is 1. The van der Waals surface area contributed by atoms with Gasteiger partial charge in [-0.05, 0) is 36.9 Å². The van der Waals surface area contributed by atoms with Gasteiger partial charge in [-0.25, -0.2) is 8.42 Å². The second-order valence-electron chi connectivity index (χ2n) is 7.29. The van der Waals surface area contributed by atoms with E-state index in [9.17, 15) is 8.42 Å². The Hall–Kier alpha value is -2.86. The van der Waals surface area contributed by atoms with Gasteiger partial charge in [-0.2, -0.15) is 0 Å². The monoisotopic (exact) mass is 391 g/mol. The molecule has 2 aromatic carbocycles. The van der Waals surface area contributed by atoms with Gasteiger partial charge < -0.3 is 9.80 Å². The van der Waals surface area contributed by atoms with E-state index in [0.717, 1.165) is 42.6 Å². The molecule has 1 unspecified atom stereocenters. The van der Waals surface area contributed by atoms with E-state index in [0.29, 0.717) is 6.04 Å². The number of hydrogen-bond donors (Lipinski definition) is 0. The number of benzene rings is 2. The topological polar surface area (TPSA) is 53.5 Å². The molecule has 1 saturated heterocycles. The van der Waals surface area contributed by atoms with Gasteiger partial charge in [0, 0.05) is 37.3 Å². The molecule has 0 bridgehead atoms. The third kappa shape index (κ3) is 2.85. The first-order valence-corrected chi connectivity index (χ1v) is 11.0. The lowest BCUT2D eigenvalue weighted by molar-refractivity contribution is 0.271. The summed E-state index contributed by atoms with van der Waals surface area (Å²) in [4.78, 5) is 9.87. The summed E-state index contributed by atoms with van der Waals surface area (Å²) in [6.45, 7) is 2.89. The maximum Gasteiger partial charge on any atom is 0.208 e. The van der Waals surface area contributed by atoms with Crippen molar-refractivity contribution in [3.05, 3.63) is 73.1 Å². The second kappa shape index (κ2) is 6.63.